The first-order chi connectivity index (χ1) is 8.56. The zero-order valence-electron chi connectivity index (χ0n) is 9.17. The first kappa shape index (κ1) is 13.5. The van der Waals surface area contributed by atoms with Gasteiger partial charge in [0.2, 0.25) is 5.78 Å². The van der Waals surface area contributed by atoms with Gasteiger partial charge in [-0.05, 0) is 39.5 Å². The lowest BCUT2D eigenvalue weighted by Gasteiger charge is -2.05. The normalized spacial score (nSPS) is 10.4. The third-order valence-corrected chi connectivity index (χ3v) is 4.49. The minimum atomic E-state index is -0.730. The number of hydrogen-bond donors (Lipinski definition) is 0. The summed E-state index contributed by atoms with van der Waals surface area (Å²) in [4.78, 5) is 12.5. The molecule has 0 aliphatic carbocycles. The summed E-state index contributed by atoms with van der Waals surface area (Å²) in [5.74, 6) is -0.733. The highest BCUT2D eigenvalue weighted by Gasteiger charge is 2.21. The van der Waals surface area contributed by atoms with Crippen LogP contribution in [0.25, 0.3) is 0 Å². The Morgan fingerprint density at radius 3 is 2.83 bits per heavy atom. The second-order valence-corrected chi connectivity index (χ2v) is 5.52. The quantitative estimate of drug-likeness (QED) is 0.600. The molecule has 0 saturated heterocycles. The van der Waals surface area contributed by atoms with E-state index >= 15 is 0 Å². The van der Waals surface area contributed by atoms with E-state index in [1.54, 1.807) is 17.5 Å². The number of carbonyl (C=O) groups excluding carboxylic acids is 1. The predicted octanol–water partition coefficient (Wildman–Crippen LogP) is 4.54. The van der Waals surface area contributed by atoms with E-state index in [0.717, 1.165) is 0 Å². The molecule has 0 bridgehead atoms. The summed E-state index contributed by atoms with van der Waals surface area (Å²) in [6.45, 7) is 0. The fourth-order valence-electron chi connectivity index (χ4n) is 1.45. The molecule has 94 valence electrons. The molecule has 1 aromatic heterocycles. The van der Waals surface area contributed by atoms with Crippen molar-refractivity contribution in [3.63, 3.8) is 0 Å². The van der Waals surface area contributed by atoms with E-state index in [9.17, 15) is 9.18 Å². The Labute approximate surface area is 120 Å². The largest absolute Gasteiger partial charge is 0.495 e. The Hall–Kier alpha value is -0.910. The fourth-order valence-corrected chi connectivity index (χ4v) is 2.73. The summed E-state index contributed by atoms with van der Waals surface area (Å²) in [6, 6.07) is 4.60. The number of ether oxygens (including phenoxy) is 1. The van der Waals surface area contributed by atoms with Gasteiger partial charge < -0.3 is 4.74 Å². The van der Waals surface area contributed by atoms with Gasteiger partial charge >= 0.3 is 0 Å². The van der Waals surface area contributed by atoms with Crippen molar-refractivity contribution < 1.29 is 13.9 Å². The molecule has 6 heteroatoms. The molecule has 0 fully saturated rings. The van der Waals surface area contributed by atoms with Gasteiger partial charge in [0.05, 0.1) is 17.7 Å². The van der Waals surface area contributed by atoms with Crippen molar-refractivity contribution >= 4 is 44.7 Å². The zero-order valence-corrected chi connectivity index (χ0v) is 12.3. The van der Waals surface area contributed by atoms with E-state index in [2.05, 4.69) is 15.9 Å². The fraction of sp³-hybridized carbons (Fsp3) is 0.0833. The van der Waals surface area contributed by atoms with Crippen LogP contribution in [0.1, 0.15) is 15.2 Å². The van der Waals surface area contributed by atoms with Gasteiger partial charge in [-0.25, -0.2) is 4.39 Å². The summed E-state index contributed by atoms with van der Waals surface area (Å²) >= 11 is 10.1. The van der Waals surface area contributed by atoms with E-state index in [4.69, 9.17) is 16.3 Å². The average molecular weight is 350 g/mol. The molecule has 0 saturated carbocycles. The van der Waals surface area contributed by atoms with Gasteiger partial charge in [-0.1, -0.05) is 11.6 Å². The minimum Gasteiger partial charge on any atom is -0.495 e. The third-order valence-electron chi connectivity index (χ3n) is 2.34. The predicted molar refractivity (Wildman–Crippen MR) is 73.4 cm³/mol. The zero-order chi connectivity index (χ0) is 13.3. The van der Waals surface area contributed by atoms with Crippen molar-refractivity contribution in [2.75, 3.05) is 7.11 Å². The molecule has 0 atom stereocenters. The van der Waals surface area contributed by atoms with Gasteiger partial charge in [-0.3, -0.25) is 4.79 Å². The van der Waals surface area contributed by atoms with Crippen LogP contribution in [0.2, 0.25) is 5.02 Å². The number of hydrogen-bond acceptors (Lipinski definition) is 3. The van der Waals surface area contributed by atoms with Crippen LogP contribution in [0.5, 0.6) is 5.75 Å². The molecule has 2 aromatic rings. The lowest BCUT2D eigenvalue weighted by atomic mass is 10.1. The molecule has 1 heterocycles. The topological polar surface area (TPSA) is 26.3 Å². The SMILES string of the molecule is COc1ccsc1C(=O)c1ccc(Br)c(Cl)c1F. The molecule has 2 rings (SSSR count). The summed E-state index contributed by atoms with van der Waals surface area (Å²) in [5, 5.41) is 1.61. The van der Waals surface area contributed by atoms with E-state index in [0.29, 0.717) is 15.1 Å². The maximum absolute atomic E-state index is 13.9. The summed E-state index contributed by atoms with van der Waals surface area (Å²) in [5.41, 5.74) is -0.0658. The second-order valence-electron chi connectivity index (χ2n) is 3.37. The van der Waals surface area contributed by atoms with Crippen LogP contribution in [0, 0.1) is 5.82 Å². The van der Waals surface area contributed by atoms with Gasteiger partial charge in [0.1, 0.15) is 10.6 Å². The van der Waals surface area contributed by atoms with Gasteiger partial charge in [-0.2, -0.15) is 0 Å². The van der Waals surface area contributed by atoms with E-state index < -0.39 is 11.6 Å². The molecular formula is C12H7BrClFO2S. The Kier molecular flexibility index (Phi) is 4.04. The first-order valence-corrected chi connectivity index (χ1v) is 6.91. The molecule has 0 amide bonds. The van der Waals surface area contributed by atoms with Crippen molar-refractivity contribution in [2.24, 2.45) is 0 Å². The monoisotopic (exact) mass is 348 g/mol. The second kappa shape index (κ2) is 5.38. The number of methoxy groups -OCH3 is 1. The summed E-state index contributed by atoms with van der Waals surface area (Å²) in [7, 11) is 1.46. The molecule has 1 aromatic carbocycles. The Balaban J connectivity index is 2.50. The van der Waals surface area contributed by atoms with Crippen LogP contribution in [0.15, 0.2) is 28.1 Å². The van der Waals surface area contributed by atoms with Crippen LogP contribution in [-0.4, -0.2) is 12.9 Å². The standard InChI is InChI=1S/C12H7BrClFO2S/c1-17-8-4-5-18-12(8)11(16)6-2-3-7(13)9(14)10(6)15/h2-5H,1H3. The van der Waals surface area contributed by atoms with Gasteiger partial charge in [-0.15, -0.1) is 11.3 Å². The highest BCUT2D eigenvalue weighted by Crippen LogP contribution is 2.32. The van der Waals surface area contributed by atoms with Crippen LogP contribution >= 0.6 is 38.9 Å². The number of ketones is 1. The number of benzene rings is 1. The molecule has 18 heavy (non-hydrogen) atoms. The molecule has 0 spiro atoms. The average Bonchev–Trinajstić information content (AvgIpc) is 2.83. The minimum absolute atomic E-state index is 0.0658. The van der Waals surface area contributed by atoms with Crippen LogP contribution in [-0.2, 0) is 0 Å². The summed E-state index contributed by atoms with van der Waals surface area (Å²) < 4.78 is 19.4. The smallest absolute Gasteiger partial charge is 0.209 e. The highest BCUT2D eigenvalue weighted by molar-refractivity contribution is 9.10. The third kappa shape index (κ3) is 2.30. The van der Waals surface area contributed by atoms with Gasteiger partial charge in [0.15, 0.2) is 5.82 Å². The van der Waals surface area contributed by atoms with Crippen LogP contribution in [0.3, 0.4) is 0 Å². The van der Waals surface area contributed by atoms with E-state index in [1.807, 2.05) is 0 Å². The number of halogens is 3. The van der Waals surface area contributed by atoms with Crippen molar-refractivity contribution in [3.8, 4) is 5.75 Å². The summed E-state index contributed by atoms with van der Waals surface area (Å²) in [6.07, 6.45) is 0. The number of carbonyl (C=O) groups is 1. The number of thiophene rings is 1. The molecular weight excluding hydrogens is 343 g/mol. The first-order valence-electron chi connectivity index (χ1n) is 4.86. The van der Waals surface area contributed by atoms with Gasteiger partial charge in [0, 0.05) is 4.47 Å². The number of rotatable bonds is 3. The van der Waals surface area contributed by atoms with Crippen molar-refractivity contribution in [1.29, 1.82) is 0 Å². The molecule has 0 aliphatic heterocycles. The Bertz CT molecular complexity index is 612. The molecule has 0 aliphatic rings. The molecule has 0 N–H and O–H groups in total. The van der Waals surface area contributed by atoms with E-state index in [-0.39, 0.29) is 10.6 Å². The Morgan fingerprint density at radius 2 is 2.17 bits per heavy atom. The molecule has 2 nitrogen and oxygen atoms in total. The van der Waals surface area contributed by atoms with Crippen molar-refractivity contribution in [1.82, 2.24) is 0 Å². The van der Waals surface area contributed by atoms with Crippen molar-refractivity contribution in [3.05, 3.63) is 49.3 Å². The van der Waals surface area contributed by atoms with E-state index in [1.165, 1.54) is 24.5 Å². The maximum Gasteiger partial charge on any atom is 0.209 e. The molecule has 0 unspecified atom stereocenters. The molecule has 0 radical (unpaired) electrons. The van der Waals surface area contributed by atoms with Crippen LogP contribution < -0.4 is 4.74 Å². The van der Waals surface area contributed by atoms with Crippen LogP contribution in [0.4, 0.5) is 4.39 Å². The van der Waals surface area contributed by atoms with Crippen molar-refractivity contribution in [2.45, 2.75) is 0 Å². The maximum atomic E-state index is 13.9. The lowest BCUT2D eigenvalue weighted by molar-refractivity contribution is 0.103. The van der Waals surface area contributed by atoms with Gasteiger partial charge in [0.25, 0.3) is 0 Å². The Morgan fingerprint density at radius 1 is 1.44 bits per heavy atom. The highest BCUT2D eigenvalue weighted by atomic mass is 79.9. The lowest BCUT2D eigenvalue weighted by Crippen LogP contribution is -2.04.